The van der Waals surface area contributed by atoms with E-state index in [0.717, 1.165) is 25.2 Å². The molecule has 0 amide bonds. The Morgan fingerprint density at radius 2 is 1.00 bits per heavy atom. The molecule has 1 unspecified atom stereocenters. The normalized spacial score (nSPS) is 17.0. The lowest BCUT2D eigenvalue weighted by atomic mass is 9.96. The molecule has 0 radical (unpaired) electrons. The molecule has 0 aliphatic rings. The number of aliphatic hydroxyl groups is 5. The van der Waals surface area contributed by atoms with Crippen molar-refractivity contribution in [2.75, 3.05) is 6.61 Å². The lowest BCUT2D eigenvalue weighted by molar-refractivity contribution is -0.138. The van der Waals surface area contributed by atoms with Crippen molar-refractivity contribution in [2.45, 2.75) is 141 Å². The smallest absolute Gasteiger partial charge is 0.394 e. The molecule has 0 aromatic rings. The summed E-state index contributed by atoms with van der Waals surface area (Å²) in [6.07, 6.45) is 8.19. The highest BCUT2D eigenvalue weighted by Crippen LogP contribution is 2.38. The van der Waals surface area contributed by atoms with Crippen molar-refractivity contribution in [3.8, 4) is 0 Å². The van der Waals surface area contributed by atoms with Crippen LogP contribution in [0.1, 0.15) is 110 Å². The monoisotopic (exact) mass is 514 g/mol. The van der Waals surface area contributed by atoms with Crippen LogP contribution in [0.15, 0.2) is 0 Å². The van der Waals surface area contributed by atoms with Crippen molar-refractivity contribution in [2.24, 2.45) is 5.92 Å². The third-order valence-electron chi connectivity index (χ3n) is 6.21. The predicted octanol–water partition coefficient (Wildman–Crippen LogP) is 3.41. The summed E-state index contributed by atoms with van der Waals surface area (Å²) >= 11 is 0. The zero-order valence-electron chi connectivity index (χ0n) is 21.2. The lowest BCUT2D eigenvalue weighted by Gasteiger charge is -2.30. The van der Waals surface area contributed by atoms with Gasteiger partial charge in [-0.1, -0.05) is 104 Å². The van der Waals surface area contributed by atoms with Crippen LogP contribution < -0.4 is 0 Å². The lowest BCUT2D eigenvalue weighted by Crippen LogP contribution is -2.50. The van der Waals surface area contributed by atoms with E-state index in [1.807, 2.05) is 0 Å². The molecule has 0 bridgehead atoms. The Balaban J connectivity index is 3.77. The predicted molar refractivity (Wildman–Crippen MR) is 132 cm³/mol. The zero-order chi connectivity index (χ0) is 26.0. The highest BCUT2D eigenvalue weighted by molar-refractivity contribution is 7.46. The second-order valence-electron chi connectivity index (χ2n) is 9.92. The van der Waals surface area contributed by atoms with E-state index in [0.29, 0.717) is 6.42 Å². The first kappa shape index (κ1) is 33.9. The van der Waals surface area contributed by atoms with Gasteiger partial charge in [0.05, 0.1) is 12.7 Å². The van der Waals surface area contributed by atoms with Gasteiger partial charge < -0.3 is 35.3 Å². The summed E-state index contributed by atoms with van der Waals surface area (Å²) in [6.45, 7) is 3.57. The fourth-order valence-corrected chi connectivity index (χ4v) is 4.60. The zero-order valence-corrected chi connectivity index (χ0v) is 22.1. The van der Waals surface area contributed by atoms with Gasteiger partial charge in [0.25, 0.3) is 0 Å². The number of phosphoric ester groups is 1. The Bertz CT molecular complexity index is 515. The van der Waals surface area contributed by atoms with Crippen LogP contribution in [0.4, 0.5) is 0 Å². The second-order valence-corrected chi connectivity index (χ2v) is 11.1. The molecule has 9 nitrogen and oxygen atoms in total. The van der Waals surface area contributed by atoms with Gasteiger partial charge in [-0.25, -0.2) is 4.57 Å². The van der Waals surface area contributed by atoms with Gasteiger partial charge in [0.2, 0.25) is 0 Å². The molecule has 0 aliphatic heterocycles. The largest absolute Gasteiger partial charge is 0.470 e. The molecule has 0 heterocycles. The van der Waals surface area contributed by atoms with Gasteiger partial charge in [0.15, 0.2) is 0 Å². The van der Waals surface area contributed by atoms with Gasteiger partial charge in [-0.15, -0.1) is 0 Å². The molecule has 7 N–H and O–H groups in total. The van der Waals surface area contributed by atoms with E-state index in [1.165, 1.54) is 64.2 Å². The van der Waals surface area contributed by atoms with Crippen molar-refractivity contribution in [1.82, 2.24) is 0 Å². The summed E-state index contributed by atoms with van der Waals surface area (Å²) < 4.78 is 15.1. The Kier molecular flexibility index (Phi) is 20.0. The molecule has 0 spiro atoms. The minimum atomic E-state index is -5.01. The van der Waals surface area contributed by atoms with E-state index >= 15 is 0 Å². The highest BCUT2D eigenvalue weighted by atomic mass is 31.2. The van der Waals surface area contributed by atoms with Crippen molar-refractivity contribution in [3.05, 3.63) is 0 Å². The van der Waals surface area contributed by atoms with E-state index in [2.05, 4.69) is 18.4 Å². The van der Waals surface area contributed by atoms with Gasteiger partial charge in [0.1, 0.15) is 24.4 Å². The number of phosphoric acid groups is 1. The fourth-order valence-electron chi connectivity index (χ4n) is 4.05. The van der Waals surface area contributed by atoms with Gasteiger partial charge in [-0.05, 0) is 12.3 Å². The van der Waals surface area contributed by atoms with E-state index in [-0.39, 0.29) is 6.42 Å². The molecular weight excluding hydrogens is 463 g/mol. The Morgan fingerprint density at radius 1 is 0.618 bits per heavy atom. The molecule has 10 heteroatoms. The standard InChI is InChI=1S/C24H51O9P/c1-19(2)16-14-12-10-8-6-4-3-5-7-9-11-13-15-17-20(26)22(27)24(29)23(28)21(18-25)33-34(30,31)32/h19-29H,3-18H2,1-2H3,(H2,30,31,32)/t20?,21-,22-,23-,24-/m1/s1. The summed E-state index contributed by atoms with van der Waals surface area (Å²) in [5, 5.41) is 49.1. The molecule has 206 valence electrons. The number of aliphatic hydroxyl groups excluding tert-OH is 5. The van der Waals surface area contributed by atoms with Crippen LogP contribution in [-0.4, -0.2) is 72.4 Å². The van der Waals surface area contributed by atoms with Gasteiger partial charge in [-0.3, -0.25) is 4.52 Å². The third kappa shape index (κ3) is 18.2. The van der Waals surface area contributed by atoms with E-state index in [4.69, 9.17) is 14.9 Å². The molecule has 5 atom stereocenters. The van der Waals surface area contributed by atoms with Crippen LogP contribution in [0, 0.1) is 5.92 Å². The first-order chi connectivity index (χ1) is 16.0. The molecule has 0 fully saturated rings. The maximum absolute atomic E-state index is 10.9. The SMILES string of the molecule is CC(C)CCCCCCCCCCCCCCCC(O)[C@@H](O)[C@@H](O)[C@H](O)[C@@H](CO)OP(=O)(O)O. The fraction of sp³-hybridized carbons (Fsp3) is 1.00. The van der Waals surface area contributed by atoms with E-state index in [9.17, 15) is 25.0 Å². The summed E-state index contributed by atoms with van der Waals surface area (Å²) in [4.78, 5) is 17.6. The van der Waals surface area contributed by atoms with Crippen LogP contribution in [0.25, 0.3) is 0 Å². The molecule has 0 aromatic carbocycles. The van der Waals surface area contributed by atoms with Crippen LogP contribution in [0.5, 0.6) is 0 Å². The first-order valence-corrected chi connectivity index (χ1v) is 14.6. The van der Waals surface area contributed by atoms with E-state index in [1.54, 1.807) is 0 Å². The third-order valence-corrected chi connectivity index (χ3v) is 6.75. The summed E-state index contributed by atoms with van der Waals surface area (Å²) in [7, 11) is -5.01. The maximum atomic E-state index is 10.9. The van der Waals surface area contributed by atoms with Crippen molar-refractivity contribution in [3.63, 3.8) is 0 Å². The number of rotatable bonds is 23. The summed E-state index contributed by atoms with van der Waals surface area (Å²) in [5.41, 5.74) is 0. The van der Waals surface area contributed by atoms with Crippen molar-refractivity contribution < 1.29 is 44.4 Å². The van der Waals surface area contributed by atoms with Gasteiger partial charge >= 0.3 is 7.82 Å². The molecule has 0 saturated heterocycles. The topological polar surface area (TPSA) is 168 Å². The number of hydrogen-bond acceptors (Lipinski definition) is 7. The minimum absolute atomic E-state index is 0.214. The van der Waals surface area contributed by atoms with Gasteiger partial charge in [-0.2, -0.15) is 0 Å². The second kappa shape index (κ2) is 20.0. The Hall–Kier alpha value is -0.0900. The highest BCUT2D eigenvalue weighted by Gasteiger charge is 2.37. The van der Waals surface area contributed by atoms with Crippen LogP contribution in [-0.2, 0) is 9.09 Å². The summed E-state index contributed by atoms with van der Waals surface area (Å²) in [5.74, 6) is 0.814. The molecule has 34 heavy (non-hydrogen) atoms. The summed E-state index contributed by atoms with van der Waals surface area (Å²) in [6, 6.07) is 0. The number of hydrogen-bond donors (Lipinski definition) is 7. The van der Waals surface area contributed by atoms with Crippen molar-refractivity contribution in [1.29, 1.82) is 0 Å². The molecular formula is C24H51O9P. The Labute approximate surface area is 205 Å². The molecule has 0 aromatic heterocycles. The maximum Gasteiger partial charge on any atom is 0.470 e. The van der Waals surface area contributed by atoms with E-state index < -0.39 is 44.9 Å². The van der Waals surface area contributed by atoms with Crippen LogP contribution >= 0.6 is 7.82 Å². The van der Waals surface area contributed by atoms with Crippen LogP contribution in [0.2, 0.25) is 0 Å². The minimum Gasteiger partial charge on any atom is -0.394 e. The number of unbranched alkanes of at least 4 members (excludes halogenated alkanes) is 12. The Morgan fingerprint density at radius 3 is 1.35 bits per heavy atom. The van der Waals surface area contributed by atoms with Gasteiger partial charge in [0, 0.05) is 0 Å². The average Bonchev–Trinajstić information content (AvgIpc) is 2.77. The van der Waals surface area contributed by atoms with Crippen molar-refractivity contribution >= 4 is 7.82 Å². The molecule has 0 saturated carbocycles. The first-order valence-electron chi connectivity index (χ1n) is 13.1. The van der Waals surface area contributed by atoms with Crippen LogP contribution in [0.3, 0.4) is 0 Å². The quantitative estimate of drug-likeness (QED) is 0.0798. The molecule has 0 aliphatic carbocycles. The average molecular weight is 515 g/mol. The molecule has 0 rings (SSSR count).